The Morgan fingerprint density at radius 3 is 2.25 bits per heavy atom. The molecule has 410 valence electrons. The van der Waals surface area contributed by atoms with E-state index in [0.29, 0.717) is 25.9 Å². The average molecular weight is 1010 g/mol. The summed E-state index contributed by atoms with van der Waals surface area (Å²) in [6.07, 6.45) is -1.22. The maximum absolute atomic E-state index is 14.2. The summed E-state index contributed by atoms with van der Waals surface area (Å²) < 4.78 is 56.2. The molecule has 18 heteroatoms. The molecule has 5 heterocycles. The number of nitrogens with zero attached hydrogens (tertiary/aromatic N) is 2. The zero-order valence-electron chi connectivity index (χ0n) is 44.9. The van der Waals surface area contributed by atoms with Gasteiger partial charge in [-0.1, -0.05) is 51.8 Å². The summed E-state index contributed by atoms with van der Waals surface area (Å²) in [5, 5.41) is 57.7. The molecule has 0 saturated carbocycles. The Bertz CT molecular complexity index is 1710. The number of methoxy groups -OCH3 is 1. The number of piperidine rings is 1. The number of likely N-dealkylation sites (N-methyl/N-ethyl adjacent to an activating group) is 1. The fraction of sp³-hybridized carbons (Fsp3) is 0.887. The largest absolute Gasteiger partial charge is 0.462 e. The highest BCUT2D eigenvalue weighted by atomic mass is 16.8. The van der Waals surface area contributed by atoms with Gasteiger partial charge in [-0.3, -0.25) is 9.59 Å². The van der Waals surface area contributed by atoms with Crippen LogP contribution in [0.3, 0.4) is 0 Å². The van der Waals surface area contributed by atoms with Crippen LogP contribution in [0.25, 0.3) is 0 Å². The van der Waals surface area contributed by atoms with Gasteiger partial charge >= 0.3 is 5.97 Å². The Morgan fingerprint density at radius 1 is 0.901 bits per heavy atom. The van der Waals surface area contributed by atoms with E-state index in [1.165, 1.54) is 20.5 Å². The monoisotopic (exact) mass is 1010 g/mol. The van der Waals surface area contributed by atoms with Gasteiger partial charge in [0.15, 0.2) is 24.2 Å². The molecule has 0 spiro atoms. The standard InChI is InChI=1S/C53H92N2O16/c1-13-24-64-41-28-52(8,61)71-51(48(41)63-12)66-29-37-25-31(3)18-19-38(56)32(4)26-36(20-23-55-21-16-15-17-22-55)46(33(5)39(57)27-43(58)68-40(37)14-2)70-50-45(59)44(54(10)11)47(34(6)67-50)69-42-30-65-35(7)49(60)53(42,9)62/h18-19,25,32-37,39-42,44-51,57,59-62H,13-17,20-24,26-30H2,1-12H3/b19-18+,31-25+. The summed E-state index contributed by atoms with van der Waals surface area (Å²) in [6.45, 7) is 19.1. The van der Waals surface area contributed by atoms with Gasteiger partial charge in [0.05, 0.1) is 56.2 Å². The van der Waals surface area contributed by atoms with Crippen molar-refractivity contribution < 1.29 is 77.8 Å². The number of carbonyl (C=O) groups is 2. The highest BCUT2D eigenvalue weighted by molar-refractivity contribution is 5.91. The van der Waals surface area contributed by atoms with Crippen molar-refractivity contribution in [3.63, 3.8) is 0 Å². The van der Waals surface area contributed by atoms with Crippen molar-refractivity contribution in [2.45, 2.75) is 217 Å². The van der Waals surface area contributed by atoms with Crippen LogP contribution >= 0.6 is 0 Å². The second-order valence-corrected chi connectivity index (χ2v) is 21.8. The van der Waals surface area contributed by atoms with Gasteiger partial charge in [-0.05, 0) is 119 Å². The van der Waals surface area contributed by atoms with Gasteiger partial charge in [-0.2, -0.15) is 0 Å². The predicted octanol–water partition coefficient (Wildman–Crippen LogP) is 3.90. The van der Waals surface area contributed by atoms with Crippen LogP contribution in [-0.4, -0.2) is 205 Å². The molecule has 0 aromatic rings. The van der Waals surface area contributed by atoms with E-state index in [9.17, 15) is 35.1 Å². The number of ether oxygens (including phenoxy) is 9. The summed E-state index contributed by atoms with van der Waals surface area (Å²) in [6, 6.07) is -0.719. The fourth-order valence-corrected chi connectivity index (χ4v) is 11.1. The molecule has 18 nitrogen and oxygen atoms in total. The number of allylic oxidation sites excluding steroid dienone is 3. The smallest absolute Gasteiger partial charge is 0.308 e. The van der Waals surface area contributed by atoms with E-state index < -0.39 is 121 Å². The lowest BCUT2D eigenvalue weighted by Gasteiger charge is -2.51. The first-order valence-electron chi connectivity index (χ1n) is 26.5. The molecule has 20 unspecified atom stereocenters. The quantitative estimate of drug-likeness (QED) is 0.138. The Hall–Kier alpha value is -1.98. The maximum atomic E-state index is 14.2. The van der Waals surface area contributed by atoms with Crippen LogP contribution in [0.2, 0.25) is 0 Å². The molecule has 71 heavy (non-hydrogen) atoms. The van der Waals surface area contributed by atoms with Crippen molar-refractivity contribution in [3.8, 4) is 0 Å². The van der Waals surface area contributed by atoms with Crippen LogP contribution in [0.4, 0.5) is 0 Å². The molecule has 5 N–H and O–H groups in total. The second kappa shape index (κ2) is 27.2. The number of cyclic esters (lactones) is 1. The molecule has 0 aromatic carbocycles. The molecule has 4 saturated heterocycles. The van der Waals surface area contributed by atoms with Gasteiger partial charge < -0.3 is 78.0 Å². The van der Waals surface area contributed by atoms with Crippen LogP contribution in [-0.2, 0) is 52.2 Å². The number of esters is 1. The summed E-state index contributed by atoms with van der Waals surface area (Å²) >= 11 is 0. The van der Waals surface area contributed by atoms with Crippen molar-refractivity contribution >= 4 is 11.8 Å². The zero-order valence-corrected chi connectivity index (χ0v) is 44.9. The van der Waals surface area contributed by atoms with Crippen LogP contribution in [0.15, 0.2) is 23.8 Å². The maximum Gasteiger partial charge on any atom is 0.308 e. The minimum atomic E-state index is -1.65. The third-order valence-electron chi connectivity index (χ3n) is 15.6. The first-order chi connectivity index (χ1) is 33.5. The molecule has 4 fully saturated rings. The molecule has 5 aliphatic rings. The lowest BCUT2D eigenvalue weighted by atomic mass is 9.79. The van der Waals surface area contributed by atoms with E-state index in [1.54, 1.807) is 47.0 Å². The second-order valence-electron chi connectivity index (χ2n) is 21.8. The van der Waals surface area contributed by atoms with E-state index in [1.807, 2.05) is 45.6 Å². The molecule has 5 aliphatic heterocycles. The average Bonchev–Trinajstić information content (AvgIpc) is 3.31. The number of hydrogen-bond acceptors (Lipinski definition) is 18. The molecule has 20 atom stereocenters. The van der Waals surface area contributed by atoms with Gasteiger partial charge in [0.1, 0.15) is 42.2 Å². The molecular formula is C53H92N2O16. The number of likely N-dealkylation sites (tertiary alicyclic amines) is 1. The molecule has 0 aromatic heterocycles. The van der Waals surface area contributed by atoms with Gasteiger partial charge in [-0.25, -0.2) is 0 Å². The van der Waals surface area contributed by atoms with Crippen molar-refractivity contribution in [2.75, 3.05) is 60.7 Å². The van der Waals surface area contributed by atoms with E-state index >= 15 is 0 Å². The molecule has 0 radical (unpaired) electrons. The van der Waals surface area contributed by atoms with E-state index in [0.717, 1.165) is 44.5 Å². The van der Waals surface area contributed by atoms with Gasteiger partial charge in [0.2, 0.25) is 0 Å². The Labute approximate surface area is 423 Å². The summed E-state index contributed by atoms with van der Waals surface area (Å²) in [4.78, 5) is 32.5. The van der Waals surface area contributed by atoms with Crippen molar-refractivity contribution in [2.24, 2.45) is 23.7 Å². The number of carbonyl (C=O) groups excluding carboxylic acids is 2. The van der Waals surface area contributed by atoms with Crippen LogP contribution in [0.5, 0.6) is 0 Å². The highest BCUT2D eigenvalue weighted by Gasteiger charge is 2.54. The van der Waals surface area contributed by atoms with Crippen molar-refractivity contribution in [3.05, 3.63) is 23.8 Å². The molecule has 0 aliphatic carbocycles. The van der Waals surface area contributed by atoms with Gasteiger partial charge in [-0.15, -0.1) is 0 Å². The summed E-state index contributed by atoms with van der Waals surface area (Å²) in [5.74, 6) is -4.34. The third-order valence-corrected chi connectivity index (χ3v) is 15.6. The van der Waals surface area contributed by atoms with E-state index in [4.69, 9.17) is 42.6 Å². The lowest BCUT2D eigenvalue weighted by molar-refractivity contribution is -0.359. The SMILES string of the molecule is CCCOC1CC(C)(O)OC(OCC2/C=C(C)/C=C/C(=O)C(C)CC(CCN3CCCCC3)C(OC3OC(C)C(OC4COC(C)C(O)C4(C)O)C(N(C)C)C3O)C(C)C(O)CC(=O)OC2CC)C1OC. The number of hydrogen-bond donors (Lipinski definition) is 5. The third kappa shape index (κ3) is 16.0. The summed E-state index contributed by atoms with van der Waals surface area (Å²) in [5.41, 5.74) is -0.912. The lowest BCUT2D eigenvalue weighted by Crippen LogP contribution is -2.68. The van der Waals surface area contributed by atoms with E-state index in [2.05, 4.69) is 4.90 Å². The molecule has 5 rings (SSSR count). The normalized spacial score (nSPS) is 44.2. The van der Waals surface area contributed by atoms with Crippen LogP contribution < -0.4 is 0 Å². The first-order valence-corrected chi connectivity index (χ1v) is 26.5. The van der Waals surface area contributed by atoms with E-state index in [-0.39, 0.29) is 37.8 Å². The van der Waals surface area contributed by atoms with Crippen LogP contribution in [0, 0.1) is 23.7 Å². The minimum absolute atomic E-state index is 0.00707. The van der Waals surface area contributed by atoms with Crippen molar-refractivity contribution in [1.29, 1.82) is 0 Å². The van der Waals surface area contributed by atoms with Crippen LogP contribution in [0.1, 0.15) is 120 Å². The predicted molar refractivity (Wildman–Crippen MR) is 264 cm³/mol. The fourth-order valence-electron chi connectivity index (χ4n) is 11.1. The molecule has 0 amide bonds. The minimum Gasteiger partial charge on any atom is -0.462 e. The Morgan fingerprint density at radius 2 is 1.61 bits per heavy atom. The Balaban J connectivity index is 1.45. The molecular weight excluding hydrogens is 921 g/mol. The number of ketones is 1. The topological polar surface area (TPSA) is 225 Å². The zero-order chi connectivity index (χ0) is 52.4. The van der Waals surface area contributed by atoms with Gasteiger partial charge in [0, 0.05) is 37.9 Å². The number of aliphatic hydroxyl groups is 5. The molecule has 0 bridgehead atoms. The van der Waals surface area contributed by atoms with Crippen molar-refractivity contribution in [1.82, 2.24) is 9.80 Å². The number of aliphatic hydroxyl groups excluding tert-OH is 3. The van der Waals surface area contributed by atoms with Gasteiger partial charge in [0.25, 0.3) is 0 Å². The Kier molecular flexibility index (Phi) is 22.9. The first kappa shape index (κ1) is 59.9. The summed E-state index contributed by atoms with van der Waals surface area (Å²) in [7, 11) is 5.14. The highest BCUT2D eigenvalue weighted by Crippen LogP contribution is 2.38. The number of rotatable bonds is 16.